The summed E-state index contributed by atoms with van der Waals surface area (Å²) in [6.07, 6.45) is 9.81. The Labute approximate surface area is 373 Å². The highest BCUT2D eigenvalue weighted by Crippen LogP contribution is 2.47. The standard InChI is InChI=1S/C49H74O14/c1-11-26(2)45-29(5)17-18-48(63-45)23-35-20-34(62-48)16-15-28(4)44(60-41-22-39(55-10)46(32(8)58-41)61-40-21-38(54-9)43(51)31(7)57-40)27(3)13-12-14-33-24-56-25-37-42(50)30(6)19-36(47(52)59-35)49(33,37)53/h12-15,17-19,26-27,29,31-32,34-46,50-51,53H,11,16,20-25H2,1-10H3/b13-12+,28-15+,33-14+/t26-,27-,29-,31-,32-,34+,35-,36-,37+,38-,39-,40-,41-,42+,43-,44-,45+,46-,48?,49+/m0/s1. The molecule has 7 rings (SSSR count). The van der Waals surface area contributed by atoms with Gasteiger partial charge in [-0.25, -0.2) is 0 Å². The second kappa shape index (κ2) is 20.3. The van der Waals surface area contributed by atoms with E-state index in [0.29, 0.717) is 43.3 Å². The van der Waals surface area contributed by atoms with Gasteiger partial charge in [-0.2, -0.15) is 0 Å². The van der Waals surface area contributed by atoms with Crippen molar-refractivity contribution in [2.75, 3.05) is 27.4 Å². The van der Waals surface area contributed by atoms with Gasteiger partial charge in [0.2, 0.25) is 0 Å². The molecule has 6 aliphatic heterocycles. The molecule has 3 N–H and O–H groups in total. The van der Waals surface area contributed by atoms with Crippen LogP contribution in [-0.4, -0.2) is 140 Å². The molecule has 0 aromatic heterocycles. The van der Waals surface area contributed by atoms with Crippen LogP contribution in [0.4, 0.5) is 0 Å². The van der Waals surface area contributed by atoms with Crippen molar-refractivity contribution in [3.05, 3.63) is 59.3 Å². The van der Waals surface area contributed by atoms with Crippen LogP contribution >= 0.6 is 0 Å². The van der Waals surface area contributed by atoms with Crippen molar-refractivity contribution in [2.45, 2.75) is 185 Å². The molecule has 354 valence electrons. The summed E-state index contributed by atoms with van der Waals surface area (Å²) < 4.78 is 63.7. The summed E-state index contributed by atoms with van der Waals surface area (Å²) in [5, 5.41) is 34.6. The minimum atomic E-state index is -1.75. The molecule has 7 aliphatic rings. The van der Waals surface area contributed by atoms with E-state index < -0.39 is 90.6 Å². The lowest BCUT2D eigenvalue weighted by molar-refractivity contribution is -0.318. The Balaban J connectivity index is 1.19. The van der Waals surface area contributed by atoms with E-state index in [-0.39, 0.29) is 49.3 Å². The summed E-state index contributed by atoms with van der Waals surface area (Å²) in [7, 11) is 3.22. The van der Waals surface area contributed by atoms with Crippen LogP contribution < -0.4 is 0 Å². The van der Waals surface area contributed by atoms with E-state index in [1.807, 2.05) is 32.1 Å². The van der Waals surface area contributed by atoms with Gasteiger partial charge in [0.15, 0.2) is 18.4 Å². The van der Waals surface area contributed by atoms with Gasteiger partial charge in [0.1, 0.15) is 29.8 Å². The van der Waals surface area contributed by atoms with Crippen LogP contribution in [0.3, 0.4) is 0 Å². The number of carbonyl (C=O) groups excluding carboxylic acids is 1. The lowest BCUT2D eigenvalue weighted by atomic mass is 9.64. The van der Waals surface area contributed by atoms with Gasteiger partial charge < -0.3 is 62.7 Å². The fraction of sp³-hybridized carbons (Fsp3) is 0.776. The Hall–Kier alpha value is -2.31. The molecule has 1 spiro atoms. The lowest BCUT2D eigenvalue weighted by Crippen LogP contribution is -2.61. The first-order valence-corrected chi connectivity index (χ1v) is 23.3. The highest BCUT2D eigenvalue weighted by Gasteiger charge is 2.58. The van der Waals surface area contributed by atoms with Gasteiger partial charge in [-0.1, -0.05) is 70.6 Å². The van der Waals surface area contributed by atoms with Gasteiger partial charge in [0.05, 0.1) is 62.0 Å². The molecule has 1 aliphatic carbocycles. The number of methoxy groups -OCH3 is 2. The molecule has 0 aromatic carbocycles. The van der Waals surface area contributed by atoms with E-state index in [4.69, 9.17) is 47.4 Å². The number of ether oxygens (including phenoxy) is 10. The lowest BCUT2D eigenvalue weighted by Gasteiger charge is -2.50. The van der Waals surface area contributed by atoms with Gasteiger partial charge in [-0.3, -0.25) is 4.79 Å². The summed E-state index contributed by atoms with van der Waals surface area (Å²) in [4.78, 5) is 14.5. The Morgan fingerprint density at radius 2 is 1.60 bits per heavy atom. The molecule has 4 fully saturated rings. The number of hydrogen-bond donors (Lipinski definition) is 3. The molecule has 14 heteroatoms. The van der Waals surface area contributed by atoms with Crippen LogP contribution in [0.25, 0.3) is 0 Å². The first-order chi connectivity index (χ1) is 30.0. The fourth-order valence-electron chi connectivity index (χ4n) is 10.9. The summed E-state index contributed by atoms with van der Waals surface area (Å²) in [6.45, 7) is 16.3. The zero-order valence-electron chi connectivity index (χ0n) is 38.9. The van der Waals surface area contributed by atoms with Crippen molar-refractivity contribution < 1.29 is 67.5 Å². The van der Waals surface area contributed by atoms with E-state index in [1.54, 1.807) is 40.2 Å². The van der Waals surface area contributed by atoms with E-state index in [2.05, 4.69) is 39.8 Å². The van der Waals surface area contributed by atoms with Crippen LogP contribution in [0.5, 0.6) is 0 Å². The fourth-order valence-corrected chi connectivity index (χ4v) is 10.9. The molecular formula is C49H74O14. The molecule has 0 amide bonds. The zero-order valence-corrected chi connectivity index (χ0v) is 38.9. The van der Waals surface area contributed by atoms with Crippen LogP contribution in [0.1, 0.15) is 93.9 Å². The van der Waals surface area contributed by atoms with E-state index >= 15 is 0 Å². The first-order valence-electron chi connectivity index (χ1n) is 23.3. The molecule has 1 unspecified atom stereocenters. The summed E-state index contributed by atoms with van der Waals surface area (Å²) in [6, 6.07) is 0. The maximum absolute atomic E-state index is 14.5. The first kappa shape index (κ1) is 48.6. The van der Waals surface area contributed by atoms with Crippen LogP contribution in [0.15, 0.2) is 59.3 Å². The van der Waals surface area contributed by atoms with E-state index in [0.717, 1.165) is 12.0 Å². The number of rotatable bonds is 8. The van der Waals surface area contributed by atoms with Crippen LogP contribution in [-0.2, 0) is 52.2 Å². The van der Waals surface area contributed by atoms with Crippen molar-refractivity contribution in [1.82, 2.24) is 0 Å². The van der Waals surface area contributed by atoms with Crippen LogP contribution in [0.2, 0.25) is 0 Å². The topological polar surface area (TPSA) is 170 Å². The Bertz CT molecular complexity index is 1740. The molecule has 14 nitrogen and oxygen atoms in total. The highest BCUT2D eigenvalue weighted by atomic mass is 16.7. The highest BCUT2D eigenvalue weighted by molar-refractivity contribution is 5.78. The third kappa shape index (κ3) is 10.2. The number of aliphatic hydroxyl groups is 3. The molecular weight excluding hydrogens is 813 g/mol. The molecule has 0 radical (unpaired) electrons. The molecule has 2 bridgehead atoms. The minimum absolute atomic E-state index is 0.0806. The van der Waals surface area contributed by atoms with Crippen molar-refractivity contribution in [3.63, 3.8) is 0 Å². The number of fused-ring (bicyclic) bond motifs is 2. The second-order valence-corrected chi connectivity index (χ2v) is 19.3. The smallest absolute Gasteiger partial charge is 0.316 e. The van der Waals surface area contributed by atoms with E-state index in [9.17, 15) is 20.1 Å². The molecule has 4 saturated heterocycles. The maximum atomic E-state index is 14.5. The summed E-state index contributed by atoms with van der Waals surface area (Å²) in [5.41, 5.74) is 0.277. The predicted molar refractivity (Wildman–Crippen MR) is 232 cm³/mol. The number of aliphatic hydroxyl groups excluding tert-OH is 2. The van der Waals surface area contributed by atoms with Crippen molar-refractivity contribution in [2.24, 2.45) is 29.6 Å². The monoisotopic (exact) mass is 887 g/mol. The van der Waals surface area contributed by atoms with Crippen molar-refractivity contribution in [3.8, 4) is 0 Å². The number of carbonyl (C=O) groups is 1. The third-order valence-electron chi connectivity index (χ3n) is 14.9. The normalized spacial score (nSPS) is 48.7. The number of allylic oxidation sites excluding steroid dienone is 2. The molecule has 63 heavy (non-hydrogen) atoms. The summed E-state index contributed by atoms with van der Waals surface area (Å²) in [5.74, 6) is -3.28. The molecule has 6 heterocycles. The zero-order chi connectivity index (χ0) is 45.4. The Morgan fingerprint density at radius 3 is 2.33 bits per heavy atom. The van der Waals surface area contributed by atoms with E-state index in [1.165, 1.54) is 0 Å². The van der Waals surface area contributed by atoms with Gasteiger partial charge in [0.25, 0.3) is 0 Å². The average molecular weight is 887 g/mol. The Kier molecular flexibility index (Phi) is 15.7. The van der Waals surface area contributed by atoms with Gasteiger partial charge in [-0.05, 0) is 62.8 Å². The largest absolute Gasteiger partial charge is 0.462 e. The summed E-state index contributed by atoms with van der Waals surface area (Å²) >= 11 is 0. The Morgan fingerprint density at radius 1 is 0.889 bits per heavy atom. The maximum Gasteiger partial charge on any atom is 0.316 e. The quantitative estimate of drug-likeness (QED) is 0.203. The van der Waals surface area contributed by atoms with Gasteiger partial charge >= 0.3 is 5.97 Å². The second-order valence-electron chi connectivity index (χ2n) is 19.3. The van der Waals surface area contributed by atoms with Crippen molar-refractivity contribution in [1.29, 1.82) is 0 Å². The van der Waals surface area contributed by atoms with Gasteiger partial charge in [0, 0.05) is 57.7 Å². The molecule has 0 saturated carbocycles. The van der Waals surface area contributed by atoms with Gasteiger partial charge in [-0.15, -0.1) is 0 Å². The average Bonchev–Trinajstić information content (AvgIpc) is 3.25. The number of hydrogen-bond acceptors (Lipinski definition) is 14. The van der Waals surface area contributed by atoms with Crippen LogP contribution in [0, 0.1) is 29.6 Å². The SMILES string of the molecule is CC[C@H](C)[C@H]1OC2(C=C[C@@H]1C)C[C@@H]1C[C@@H](C/C=C(\C)[C@@H](O[C@H]3C[C@H](OC)[C@@H](O[C@H]4C[C@H](OC)[C@@H](O)[C@H](C)O4)[C@H](C)O3)[C@@H](C)/C=C/C=C3\COC[C@@H]4[C@H](O)C(C)=C[C@@H](C(=O)O1)[C@]34O)O2. The molecule has 20 atom stereocenters. The number of esters is 1. The van der Waals surface area contributed by atoms with Crippen molar-refractivity contribution >= 4 is 5.97 Å². The third-order valence-corrected chi connectivity index (χ3v) is 14.9. The molecule has 0 aromatic rings. The predicted octanol–water partition coefficient (Wildman–Crippen LogP) is 5.63. The minimum Gasteiger partial charge on any atom is -0.462 e.